The molecule has 0 unspecified atom stereocenters. The van der Waals surface area contributed by atoms with Crippen LogP contribution in [-0.4, -0.2) is 35.1 Å². The summed E-state index contributed by atoms with van der Waals surface area (Å²) in [5, 5.41) is 10.6. The van der Waals surface area contributed by atoms with Gasteiger partial charge in [0, 0.05) is 35.5 Å². The molecule has 2 aromatic carbocycles. The molecule has 170 valence electrons. The summed E-state index contributed by atoms with van der Waals surface area (Å²) in [5.74, 6) is -0.528. The number of amides is 1. The van der Waals surface area contributed by atoms with E-state index in [1.807, 2.05) is 23.8 Å². The molecule has 0 fully saturated rings. The first-order valence-electron chi connectivity index (χ1n) is 9.77. The summed E-state index contributed by atoms with van der Waals surface area (Å²) in [6.45, 7) is 2.47. The van der Waals surface area contributed by atoms with Crippen LogP contribution in [0, 0.1) is 6.92 Å². The second kappa shape index (κ2) is 8.70. The predicted molar refractivity (Wildman–Crippen MR) is 127 cm³/mol. The summed E-state index contributed by atoms with van der Waals surface area (Å²) in [6.07, 6.45) is 5.52. The number of sulfone groups is 1. The van der Waals surface area contributed by atoms with Crippen LogP contribution in [0.3, 0.4) is 0 Å². The van der Waals surface area contributed by atoms with Crippen molar-refractivity contribution in [3.63, 3.8) is 0 Å². The molecule has 0 spiro atoms. The Hall–Kier alpha value is -3.07. The van der Waals surface area contributed by atoms with Crippen LogP contribution in [0.25, 0.3) is 10.9 Å². The lowest BCUT2D eigenvalue weighted by atomic mass is 10.1. The first-order chi connectivity index (χ1) is 15.5. The number of hydrogen-bond acceptors (Lipinski definition) is 4. The fourth-order valence-electron chi connectivity index (χ4n) is 3.56. The minimum atomic E-state index is -3.26. The summed E-state index contributed by atoms with van der Waals surface area (Å²) in [6, 6.07) is 12.0. The van der Waals surface area contributed by atoms with E-state index in [1.165, 1.54) is 18.6 Å². The van der Waals surface area contributed by atoms with Gasteiger partial charge in [0.15, 0.2) is 9.84 Å². The Morgan fingerprint density at radius 3 is 2.27 bits per heavy atom. The van der Waals surface area contributed by atoms with Crippen LogP contribution in [0.15, 0.2) is 70.9 Å². The van der Waals surface area contributed by atoms with Gasteiger partial charge in [0.25, 0.3) is 5.91 Å². The fourth-order valence-corrected chi connectivity index (χ4v) is 4.72. The standard InChI is InChI=1S/C23H19Cl2N3O4S/c1-14-10-27(11-15-3-6-17(7-4-15)33(2,31)32)21-9-16(5-8-18(14)21)23(29)26-22-19(24)12-28(30)13-20(22)25/h3-10,12-13,30H,11H2,1-2H3. The van der Waals surface area contributed by atoms with Crippen molar-refractivity contribution in [3.05, 3.63) is 93.1 Å². The molecule has 0 aliphatic heterocycles. The smallest absolute Gasteiger partial charge is 0.277 e. The number of aromatic nitrogens is 2. The first-order valence-corrected chi connectivity index (χ1v) is 12.4. The van der Waals surface area contributed by atoms with Gasteiger partial charge in [-0.2, -0.15) is 4.73 Å². The lowest BCUT2D eigenvalue weighted by Gasteiger charge is -2.08. The maximum atomic E-state index is 12.8. The molecule has 7 nitrogen and oxygen atoms in total. The molecule has 0 bridgehead atoms. The van der Waals surface area contributed by atoms with Crippen LogP contribution < -0.4 is 5.36 Å². The van der Waals surface area contributed by atoms with Crippen molar-refractivity contribution < 1.29 is 18.4 Å². The summed E-state index contributed by atoms with van der Waals surface area (Å²) in [4.78, 5) is 17.1. The number of pyridine rings is 1. The number of hydrogen-bond donors (Lipinski definition) is 1. The maximum Gasteiger partial charge on any atom is 0.277 e. The predicted octanol–water partition coefficient (Wildman–Crippen LogP) is 4.49. The van der Waals surface area contributed by atoms with Crippen LogP contribution in [0.2, 0.25) is 10.0 Å². The van der Waals surface area contributed by atoms with Crippen molar-refractivity contribution in [2.24, 2.45) is 4.99 Å². The van der Waals surface area contributed by atoms with Crippen molar-refractivity contribution in [2.45, 2.75) is 18.4 Å². The van der Waals surface area contributed by atoms with Crippen LogP contribution >= 0.6 is 23.2 Å². The Labute approximate surface area is 200 Å². The zero-order chi connectivity index (χ0) is 23.9. The normalized spacial score (nSPS) is 11.6. The molecule has 0 saturated heterocycles. The third kappa shape index (κ3) is 4.83. The molecule has 1 N–H and O–H groups in total. The zero-order valence-electron chi connectivity index (χ0n) is 17.7. The van der Waals surface area contributed by atoms with Crippen molar-refractivity contribution in [1.29, 1.82) is 0 Å². The van der Waals surface area contributed by atoms with Crippen molar-refractivity contribution >= 4 is 49.8 Å². The monoisotopic (exact) mass is 503 g/mol. The van der Waals surface area contributed by atoms with E-state index < -0.39 is 15.7 Å². The lowest BCUT2D eigenvalue weighted by molar-refractivity contribution is 0.0998. The molecular formula is C23H19Cl2N3O4S. The number of fused-ring (bicyclic) bond motifs is 1. The van der Waals surface area contributed by atoms with E-state index in [4.69, 9.17) is 23.2 Å². The van der Waals surface area contributed by atoms with Crippen LogP contribution in [0.1, 0.15) is 21.5 Å². The van der Waals surface area contributed by atoms with Crippen molar-refractivity contribution in [1.82, 2.24) is 9.30 Å². The topological polar surface area (TPSA) is 93.7 Å². The van der Waals surface area contributed by atoms with E-state index in [9.17, 15) is 18.4 Å². The second-order valence-electron chi connectivity index (χ2n) is 7.69. The van der Waals surface area contributed by atoms with E-state index in [1.54, 1.807) is 36.4 Å². The maximum absolute atomic E-state index is 12.8. The summed E-state index contributed by atoms with van der Waals surface area (Å²) in [5.41, 5.74) is 3.14. The summed E-state index contributed by atoms with van der Waals surface area (Å²) in [7, 11) is -3.26. The van der Waals surface area contributed by atoms with Gasteiger partial charge in [0.1, 0.15) is 5.36 Å². The summed E-state index contributed by atoms with van der Waals surface area (Å²) >= 11 is 12.1. The minimum Gasteiger partial charge on any atom is -0.429 e. The fraction of sp³-hybridized carbons (Fsp3) is 0.130. The molecule has 4 aromatic rings. The molecule has 0 saturated carbocycles. The molecule has 0 radical (unpaired) electrons. The number of benzene rings is 2. The van der Waals surface area contributed by atoms with E-state index in [-0.39, 0.29) is 20.3 Å². The van der Waals surface area contributed by atoms with Crippen LogP contribution in [0.4, 0.5) is 0 Å². The average molecular weight is 504 g/mol. The third-order valence-corrected chi connectivity index (χ3v) is 6.87. The number of halogens is 2. The van der Waals surface area contributed by atoms with Crippen molar-refractivity contribution in [2.75, 3.05) is 6.26 Å². The zero-order valence-corrected chi connectivity index (χ0v) is 20.0. The van der Waals surface area contributed by atoms with Gasteiger partial charge in [-0.1, -0.05) is 41.4 Å². The highest BCUT2D eigenvalue weighted by molar-refractivity contribution is 7.90. The molecular weight excluding hydrogens is 485 g/mol. The lowest BCUT2D eigenvalue weighted by Crippen LogP contribution is -2.12. The van der Waals surface area contributed by atoms with Gasteiger partial charge in [-0.15, -0.1) is 0 Å². The molecule has 2 aromatic heterocycles. The number of carbonyl (C=O) groups excluding carboxylic acids is 1. The van der Waals surface area contributed by atoms with Gasteiger partial charge >= 0.3 is 0 Å². The molecule has 0 aliphatic rings. The van der Waals surface area contributed by atoms with E-state index in [0.29, 0.717) is 16.8 Å². The van der Waals surface area contributed by atoms with E-state index >= 15 is 0 Å². The number of carbonyl (C=O) groups is 1. The number of rotatable bonds is 4. The molecule has 1 amide bonds. The Morgan fingerprint density at radius 2 is 1.67 bits per heavy atom. The van der Waals surface area contributed by atoms with Crippen molar-refractivity contribution in [3.8, 4) is 0 Å². The van der Waals surface area contributed by atoms with Gasteiger partial charge in [0.05, 0.1) is 27.3 Å². The van der Waals surface area contributed by atoms with E-state index in [2.05, 4.69) is 4.99 Å². The van der Waals surface area contributed by atoms with Crippen LogP contribution in [0.5, 0.6) is 0 Å². The molecule has 0 atom stereocenters. The highest BCUT2D eigenvalue weighted by atomic mass is 35.5. The van der Waals surface area contributed by atoms with Crippen LogP contribution in [-0.2, 0) is 16.4 Å². The quantitative estimate of drug-likeness (QED) is 0.415. The second-order valence-corrected chi connectivity index (χ2v) is 10.5. The molecule has 0 aliphatic carbocycles. The summed E-state index contributed by atoms with van der Waals surface area (Å²) < 4.78 is 26.1. The highest BCUT2D eigenvalue weighted by Gasteiger charge is 2.13. The van der Waals surface area contributed by atoms with Gasteiger partial charge in [-0.05, 0) is 42.3 Å². The SMILES string of the molecule is Cc1cn(Cc2ccc(S(C)(=O)=O)cc2)c2cc(C(=O)N=c3c(Cl)cn(O)cc3Cl)ccc12. The third-order valence-electron chi connectivity index (χ3n) is 5.19. The average Bonchev–Trinajstić information content (AvgIpc) is 3.05. The van der Waals surface area contributed by atoms with E-state index in [0.717, 1.165) is 22.0 Å². The van der Waals surface area contributed by atoms with Gasteiger partial charge in [-0.3, -0.25) is 4.79 Å². The molecule has 10 heteroatoms. The largest absolute Gasteiger partial charge is 0.429 e. The van der Waals surface area contributed by atoms with Gasteiger partial charge in [-0.25, -0.2) is 13.4 Å². The molecule has 4 rings (SSSR count). The Balaban J connectivity index is 1.72. The minimum absolute atomic E-state index is 0.0381. The van der Waals surface area contributed by atoms with Gasteiger partial charge in [0.2, 0.25) is 0 Å². The highest BCUT2D eigenvalue weighted by Crippen LogP contribution is 2.24. The Kier molecular flexibility index (Phi) is 6.09. The molecule has 2 heterocycles. The Bertz CT molecular complexity index is 1540. The number of aryl methyl sites for hydroxylation is 1. The molecule has 33 heavy (non-hydrogen) atoms. The Morgan fingerprint density at radius 1 is 1.03 bits per heavy atom. The number of nitrogens with zero attached hydrogens (tertiary/aromatic N) is 3. The first kappa shape index (κ1) is 23.1. The van der Waals surface area contributed by atoms with Gasteiger partial charge < -0.3 is 9.77 Å².